The lowest BCUT2D eigenvalue weighted by atomic mass is 10.0. The van der Waals surface area contributed by atoms with Crippen molar-refractivity contribution < 1.29 is 23.8 Å². The molecule has 0 saturated carbocycles. The lowest BCUT2D eigenvalue weighted by Gasteiger charge is -2.12. The third-order valence-electron chi connectivity index (χ3n) is 4.28. The highest BCUT2D eigenvalue weighted by molar-refractivity contribution is 6.31. The molecule has 3 aromatic carbocycles. The van der Waals surface area contributed by atoms with Gasteiger partial charge in [0.25, 0.3) is 5.91 Å². The van der Waals surface area contributed by atoms with Gasteiger partial charge < -0.3 is 19.5 Å². The summed E-state index contributed by atoms with van der Waals surface area (Å²) in [6.45, 7) is -0.237. The van der Waals surface area contributed by atoms with Gasteiger partial charge in [0.05, 0.1) is 25.5 Å². The first-order chi connectivity index (χ1) is 14.5. The monoisotopic (exact) mass is 425 g/mol. The summed E-state index contributed by atoms with van der Waals surface area (Å²) in [5.41, 5.74) is 2.27. The molecule has 3 rings (SSSR count). The molecular weight excluding hydrogens is 406 g/mol. The predicted octanol–water partition coefficient (Wildman–Crippen LogP) is 4.82. The molecule has 0 unspecified atom stereocenters. The Morgan fingerprint density at radius 1 is 0.967 bits per heavy atom. The average molecular weight is 426 g/mol. The highest BCUT2D eigenvalue weighted by atomic mass is 35.5. The molecule has 0 bridgehead atoms. The predicted molar refractivity (Wildman–Crippen MR) is 115 cm³/mol. The Balaban J connectivity index is 1.70. The topological polar surface area (TPSA) is 73.9 Å². The zero-order valence-electron chi connectivity index (χ0n) is 16.5. The van der Waals surface area contributed by atoms with Crippen LogP contribution in [0, 0.1) is 0 Å². The number of anilines is 1. The van der Waals surface area contributed by atoms with Gasteiger partial charge >= 0.3 is 5.97 Å². The molecule has 6 nitrogen and oxygen atoms in total. The van der Waals surface area contributed by atoms with Gasteiger partial charge in [-0.1, -0.05) is 41.9 Å². The molecule has 0 radical (unpaired) electrons. The molecule has 0 aromatic heterocycles. The van der Waals surface area contributed by atoms with Crippen molar-refractivity contribution in [2.75, 3.05) is 26.1 Å². The number of para-hydroxylation sites is 1. The molecule has 3 aromatic rings. The maximum atomic E-state index is 12.3. The SMILES string of the molecule is COC(=O)c1cc(Cl)ccc1NC(=O)COc1cccc(-c2ccccc2OC)c1. The average Bonchev–Trinajstić information content (AvgIpc) is 2.78. The van der Waals surface area contributed by atoms with E-state index >= 15 is 0 Å². The highest BCUT2D eigenvalue weighted by Gasteiger charge is 2.15. The molecule has 0 heterocycles. The van der Waals surface area contributed by atoms with Crippen LogP contribution in [0.4, 0.5) is 5.69 Å². The Hall–Kier alpha value is -3.51. The quantitative estimate of drug-likeness (QED) is 0.549. The van der Waals surface area contributed by atoms with Crippen LogP contribution in [0.25, 0.3) is 11.1 Å². The van der Waals surface area contributed by atoms with Gasteiger partial charge in [0.2, 0.25) is 0 Å². The van der Waals surface area contributed by atoms with Crippen LogP contribution in [0.1, 0.15) is 10.4 Å². The van der Waals surface area contributed by atoms with E-state index in [9.17, 15) is 9.59 Å². The fourth-order valence-corrected chi connectivity index (χ4v) is 3.05. The zero-order chi connectivity index (χ0) is 21.5. The molecule has 7 heteroatoms. The van der Waals surface area contributed by atoms with Gasteiger partial charge in [-0.3, -0.25) is 4.79 Å². The number of hydrogen-bond donors (Lipinski definition) is 1. The number of rotatable bonds is 7. The lowest BCUT2D eigenvalue weighted by Crippen LogP contribution is -2.21. The Labute approximate surface area is 179 Å². The summed E-state index contributed by atoms with van der Waals surface area (Å²) in [5.74, 6) is 0.242. The first kappa shape index (κ1) is 21.2. The third kappa shape index (κ3) is 5.10. The molecule has 154 valence electrons. The Morgan fingerprint density at radius 3 is 2.53 bits per heavy atom. The molecule has 30 heavy (non-hydrogen) atoms. The van der Waals surface area contributed by atoms with Gasteiger partial charge in [0, 0.05) is 10.6 Å². The molecular formula is C23H20ClNO5. The van der Waals surface area contributed by atoms with Crippen LogP contribution in [0.3, 0.4) is 0 Å². The summed E-state index contributed by atoms with van der Waals surface area (Å²) >= 11 is 5.93. The normalized spacial score (nSPS) is 10.2. The number of esters is 1. The fourth-order valence-electron chi connectivity index (χ4n) is 2.88. The smallest absolute Gasteiger partial charge is 0.340 e. The third-order valence-corrected chi connectivity index (χ3v) is 4.52. The van der Waals surface area contributed by atoms with Crippen molar-refractivity contribution in [1.29, 1.82) is 0 Å². The van der Waals surface area contributed by atoms with Crippen LogP contribution in [0.2, 0.25) is 5.02 Å². The summed E-state index contributed by atoms with van der Waals surface area (Å²) in [5, 5.41) is 3.00. The van der Waals surface area contributed by atoms with Crippen molar-refractivity contribution in [2.24, 2.45) is 0 Å². The Kier molecular flexibility index (Phi) is 6.93. The highest BCUT2D eigenvalue weighted by Crippen LogP contribution is 2.31. The van der Waals surface area contributed by atoms with E-state index < -0.39 is 11.9 Å². The molecule has 0 atom stereocenters. The summed E-state index contributed by atoms with van der Waals surface area (Å²) in [7, 11) is 2.87. The second-order valence-corrected chi connectivity index (χ2v) is 6.68. The van der Waals surface area contributed by atoms with E-state index in [0.717, 1.165) is 16.9 Å². The Bertz CT molecular complexity index is 1070. The first-order valence-electron chi connectivity index (χ1n) is 9.06. The van der Waals surface area contributed by atoms with Crippen molar-refractivity contribution in [3.63, 3.8) is 0 Å². The fraction of sp³-hybridized carbons (Fsp3) is 0.130. The van der Waals surface area contributed by atoms with Crippen LogP contribution >= 0.6 is 11.6 Å². The van der Waals surface area contributed by atoms with Crippen molar-refractivity contribution in [3.8, 4) is 22.6 Å². The summed E-state index contributed by atoms with van der Waals surface area (Å²) in [4.78, 5) is 24.2. The van der Waals surface area contributed by atoms with E-state index in [-0.39, 0.29) is 12.2 Å². The lowest BCUT2D eigenvalue weighted by molar-refractivity contribution is -0.118. The molecule has 0 fully saturated rings. The van der Waals surface area contributed by atoms with E-state index in [4.69, 9.17) is 25.8 Å². The van der Waals surface area contributed by atoms with Gasteiger partial charge in [0.1, 0.15) is 11.5 Å². The number of methoxy groups -OCH3 is 2. The van der Waals surface area contributed by atoms with Crippen LogP contribution in [0.5, 0.6) is 11.5 Å². The molecule has 0 spiro atoms. The van der Waals surface area contributed by atoms with Crippen molar-refractivity contribution in [1.82, 2.24) is 0 Å². The van der Waals surface area contributed by atoms with Crippen LogP contribution in [-0.2, 0) is 9.53 Å². The van der Waals surface area contributed by atoms with Crippen molar-refractivity contribution >= 4 is 29.2 Å². The molecule has 1 amide bonds. The van der Waals surface area contributed by atoms with Crippen molar-refractivity contribution in [3.05, 3.63) is 77.3 Å². The maximum absolute atomic E-state index is 12.3. The number of amides is 1. The Morgan fingerprint density at radius 2 is 1.77 bits per heavy atom. The molecule has 0 aliphatic rings. The molecule has 0 saturated heterocycles. The van der Waals surface area contributed by atoms with Gasteiger partial charge in [-0.25, -0.2) is 4.79 Å². The number of benzene rings is 3. The van der Waals surface area contributed by atoms with E-state index in [1.807, 2.05) is 42.5 Å². The van der Waals surface area contributed by atoms with Gasteiger partial charge in [-0.05, 0) is 42.0 Å². The van der Waals surface area contributed by atoms with E-state index in [2.05, 4.69) is 5.32 Å². The van der Waals surface area contributed by atoms with Gasteiger partial charge in [0.15, 0.2) is 6.61 Å². The maximum Gasteiger partial charge on any atom is 0.340 e. The van der Waals surface area contributed by atoms with E-state index in [1.54, 1.807) is 19.2 Å². The number of nitrogens with one attached hydrogen (secondary N) is 1. The largest absolute Gasteiger partial charge is 0.496 e. The summed E-state index contributed by atoms with van der Waals surface area (Å²) in [6, 6.07) is 19.5. The second kappa shape index (κ2) is 9.80. The number of carbonyl (C=O) groups is 2. The minimum atomic E-state index is -0.599. The first-order valence-corrected chi connectivity index (χ1v) is 9.43. The van der Waals surface area contributed by atoms with Crippen LogP contribution in [-0.4, -0.2) is 32.7 Å². The molecule has 0 aliphatic heterocycles. The second-order valence-electron chi connectivity index (χ2n) is 6.25. The van der Waals surface area contributed by atoms with Crippen molar-refractivity contribution in [2.45, 2.75) is 0 Å². The summed E-state index contributed by atoms with van der Waals surface area (Å²) < 4.78 is 15.8. The minimum absolute atomic E-state index is 0.163. The summed E-state index contributed by atoms with van der Waals surface area (Å²) in [6.07, 6.45) is 0. The van der Waals surface area contributed by atoms with E-state index in [0.29, 0.717) is 16.5 Å². The number of carbonyl (C=O) groups excluding carboxylic acids is 2. The minimum Gasteiger partial charge on any atom is -0.496 e. The van der Waals surface area contributed by atoms with Gasteiger partial charge in [-0.2, -0.15) is 0 Å². The van der Waals surface area contributed by atoms with Crippen LogP contribution < -0.4 is 14.8 Å². The van der Waals surface area contributed by atoms with Crippen LogP contribution in [0.15, 0.2) is 66.7 Å². The number of halogens is 1. The number of ether oxygens (including phenoxy) is 3. The van der Waals surface area contributed by atoms with E-state index in [1.165, 1.54) is 19.2 Å². The van der Waals surface area contributed by atoms with Gasteiger partial charge in [-0.15, -0.1) is 0 Å². The zero-order valence-corrected chi connectivity index (χ0v) is 17.2. The molecule has 0 aliphatic carbocycles. The number of hydrogen-bond acceptors (Lipinski definition) is 5. The molecule has 1 N–H and O–H groups in total. The standard InChI is InChI=1S/C23H20ClNO5/c1-28-21-9-4-3-8-18(21)15-6-5-7-17(12-15)30-14-22(26)25-20-11-10-16(24)13-19(20)23(27)29-2/h3-13H,14H2,1-2H3,(H,25,26).